The summed E-state index contributed by atoms with van der Waals surface area (Å²) >= 11 is 6.17. The molecule has 1 fully saturated rings. The molecule has 1 aromatic rings. The van der Waals surface area contributed by atoms with Crippen molar-refractivity contribution in [1.29, 1.82) is 0 Å². The molecule has 1 aliphatic rings. The van der Waals surface area contributed by atoms with E-state index < -0.39 is 12.6 Å². The number of hydrogen-bond donors (Lipinski definition) is 1. The maximum Gasteiger partial charge on any atom is 0.252 e. The number of hydrogen-bond acceptors (Lipinski definition) is 3. The van der Waals surface area contributed by atoms with Crippen LogP contribution in [0.2, 0.25) is 5.02 Å². The summed E-state index contributed by atoms with van der Waals surface area (Å²) in [6, 6.07) is 7.19. The van der Waals surface area contributed by atoms with Gasteiger partial charge in [-0.05, 0) is 39.8 Å². The van der Waals surface area contributed by atoms with Crippen molar-refractivity contribution in [2.45, 2.75) is 38.5 Å². The third-order valence-electron chi connectivity index (χ3n) is 3.16. The van der Waals surface area contributed by atoms with E-state index in [2.05, 4.69) is 5.32 Å². The molecule has 2 rings (SSSR count). The van der Waals surface area contributed by atoms with Crippen molar-refractivity contribution in [3.8, 4) is 0 Å². The van der Waals surface area contributed by atoms with E-state index in [4.69, 9.17) is 16.1 Å². The standard InChI is InChI=1S/C13H19ClNO2P/c1-12(2)9-17-18(16,13(3,4)15-12)11-8-6-5-7-10(11)14/h5-8,15H,9H2,1-4H3. The molecule has 100 valence electrons. The summed E-state index contributed by atoms with van der Waals surface area (Å²) < 4.78 is 19.0. The van der Waals surface area contributed by atoms with Crippen LogP contribution in [0.15, 0.2) is 24.3 Å². The lowest BCUT2D eigenvalue weighted by atomic mass is 10.1. The first kappa shape index (κ1) is 14.1. The smallest absolute Gasteiger partial charge is 0.252 e. The van der Waals surface area contributed by atoms with Crippen molar-refractivity contribution < 1.29 is 9.09 Å². The summed E-state index contributed by atoms with van der Waals surface area (Å²) in [5, 5.41) is 3.86. The van der Waals surface area contributed by atoms with E-state index in [0.29, 0.717) is 16.9 Å². The lowest BCUT2D eigenvalue weighted by molar-refractivity contribution is 0.147. The summed E-state index contributed by atoms with van der Waals surface area (Å²) in [6.07, 6.45) is 0. The molecule has 1 aromatic carbocycles. The first-order chi connectivity index (χ1) is 8.18. The van der Waals surface area contributed by atoms with Gasteiger partial charge in [-0.2, -0.15) is 0 Å². The third kappa shape index (κ3) is 2.25. The molecular weight excluding hydrogens is 269 g/mol. The number of benzene rings is 1. The average molecular weight is 288 g/mol. The van der Waals surface area contributed by atoms with Gasteiger partial charge in [0.05, 0.1) is 22.2 Å². The highest BCUT2D eigenvalue weighted by molar-refractivity contribution is 7.68. The fourth-order valence-electron chi connectivity index (χ4n) is 2.41. The molecule has 0 spiro atoms. The van der Waals surface area contributed by atoms with Gasteiger partial charge in [0.25, 0.3) is 7.37 Å². The van der Waals surface area contributed by atoms with Crippen molar-refractivity contribution in [3.05, 3.63) is 29.3 Å². The van der Waals surface area contributed by atoms with E-state index >= 15 is 0 Å². The molecule has 1 heterocycles. The first-order valence-electron chi connectivity index (χ1n) is 5.97. The SMILES string of the molecule is CC1(C)COP(=O)(c2ccccc2Cl)C(C)(C)N1. The third-order valence-corrected chi connectivity index (χ3v) is 6.72. The monoisotopic (exact) mass is 287 g/mol. The van der Waals surface area contributed by atoms with Gasteiger partial charge in [-0.1, -0.05) is 23.7 Å². The number of rotatable bonds is 1. The lowest BCUT2D eigenvalue weighted by Gasteiger charge is -2.47. The second-order valence-electron chi connectivity index (χ2n) is 5.84. The van der Waals surface area contributed by atoms with E-state index in [1.165, 1.54) is 0 Å². The van der Waals surface area contributed by atoms with Gasteiger partial charge in [-0.3, -0.25) is 9.88 Å². The zero-order valence-corrected chi connectivity index (χ0v) is 12.8. The van der Waals surface area contributed by atoms with E-state index in [-0.39, 0.29) is 5.54 Å². The minimum Gasteiger partial charge on any atom is -0.322 e. The Bertz CT molecular complexity index is 513. The maximum atomic E-state index is 13.2. The highest BCUT2D eigenvalue weighted by Crippen LogP contribution is 2.60. The second kappa shape index (κ2) is 4.35. The van der Waals surface area contributed by atoms with Crippen LogP contribution < -0.4 is 10.6 Å². The Kier molecular flexibility index (Phi) is 3.40. The summed E-state index contributed by atoms with van der Waals surface area (Å²) in [6.45, 7) is 8.27. The molecule has 0 aliphatic carbocycles. The van der Waals surface area contributed by atoms with Gasteiger partial charge in [-0.25, -0.2) is 0 Å². The van der Waals surface area contributed by atoms with Crippen molar-refractivity contribution in [2.24, 2.45) is 0 Å². The Morgan fingerprint density at radius 3 is 2.44 bits per heavy atom. The average Bonchev–Trinajstić information content (AvgIpc) is 2.23. The fourth-order valence-corrected chi connectivity index (χ4v) is 5.54. The molecule has 0 radical (unpaired) electrons. The molecular formula is C13H19ClNO2P. The van der Waals surface area contributed by atoms with Crippen molar-refractivity contribution in [1.82, 2.24) is 5.32 Å². The predicted molar refractivity (Wildman–Crippen MR) is 75.9 cm³/mol. The second-order valence-corrected chi connectivity index (χ2v) is 9.21. The van der Waals surface area contributed by atoms with Gasteiger partial charge in [0.15, 0.2) is 0 Å². The normalized spacial score (nSPS) is 30.1. The molecule has 0 bridgehead atoms. The van der Waals surface area contributed by atoms with Crippen molar-refractivity contribution in [3.63, 3.8) is 0 Å². The highest BCUT2D eigenvalue weighted by atomic mass is 35.5. The van der Waals surface area contributed by atoms with Crippen LogP contribution in [-0.4, -0.2) is 17.4 Å². The van der Waals surface area contributed by atoms with Crippen LogP contribution in [0.5, 0.6) is 0 Å². The van der Waals surface area contributed by atoms with E-state index in [1.54, 1.807) is 12.1 Å². The summed E-state index contributed by atoms with van der Waals surface area (Å²) in [5.41, 5.74) is -0.196. The van der Waals surface area contributed by atoms with E-state index in [9.17, 15) is 4.57 Å². The van der Waals surface area contributed by atoms with Crippen LogP contribution in [-0.2, 0) is 9.09 Å². The summed E-state index contributed by atoms with van der Waals surface area (Å²) in [4.78, 5) is 0. The highest BCUT2D eigenvalue weighted by Gasteiger charge is 2.51. The topological polar surface area (TPSA) is 38.3 Å². The molecule has 1 N–H and O–H groups in total. The summed E-state index contributed by atoms with van der Waals surface area (Å²) in [7, 11) is -3.03. The molecule has 1 saturated heterocycles. The van der Waals surface area contributed by atoms with Gasteiger partial charge in [0, 0.05) is 5.54 Å². The van der Waals surface area contributed by atoms with Crippen LogP contribution in [0, 0.1) is 0 Å². The molecule has 1 aliphatic heterocycles. The fraction of sp³-hybridized carbons (Fsp3) is 0.538. The molecule has 0 aromatic heterocycles. The van der Waals surface area contributed by atoms with E-state index in [0.717, 1.165) is 0 Å². The zero-order valence-electron chi connectivity index (χ0n) is 11.2. The van der Waals surface area contributed by atoms with Crippen LogP contribution in [0.1, 0.15) is 27.7 Å². The van der Waals surface area contributed by atoms with Crippen LogP contribution in [0.3, 0.4) is 0 Å². The molecule has 18 heavy (non-hydrogen) atoms. The Balaban J connectivity index is 2.50. The van der Waals surface area contributed by atoms with Crippen LogP contribution in [0.4, 0.5) is 0 Å². The molecule has 0 saturated carbocycles. The quantitative estimate of drug-likeness (QED) is 0.805. The molecule has 1 atom stereocenters. The Morgan fingerprint density at radius 1 is 1.28 bits per heavy atom. The largest absolute Gasteiger partial charge is 0.322 e. The van der Waals surface area contributed by atoms with Gasteiger partial charge in [0.2, 0.25) is 0 Å². The Hall–Kier alpha value is -0.340. The Morgan fingerprint density at radius 2 is 1.89 bits per heavy atom. The number of halogens is 1. The lowest BCUT2D eigenvalue weighted by Crippen LogP contribution is -2.59. The number of nitrogens with one attached hydrogen (secondary N) is 1. The van der Waals surface area contributed by atoms with Gasteiger partial charge >= 0.3 is 0 Å². The van der Waals surface area contributed by atoms with E-state index in [1.807, 2.05) is 39.8 Å². The molecule has 3 nitrogen and oxygen atoms in total. The predicted octanol–water partition coefficient (Wildman–Crippen LogP) is 3.38. The maximum absolute atomic E-state index is 13.2. The first-order valence-corrected chi connectivity index (χ1v) is 7.97. The van der Waals surface area contributed by atoms with Crippen LogP contribution >= 0.6 is 19.0 Å². The van der Waals surface area contributed by atoms with Crippen molar-refractivity contribution in [2.75, 3.05) is 6.61 Å². The minimum atomic E-state index is -3.03. The van der Waals surface area contributed by atoms with Crippen molar-refractivity contribution >= 4 is 24.3 Å². The minimum absolute atomic E-state index is 0.196. The molecule has 5 heteroatoms. The van der Waals surface area contributed by atoms with Gasteiger partial charge < -0.3 is 4.52 Å². The Labute approximate surface area is 113 Å². The van der Waals surface area contributed by atoms with Gasteiger partial charge in [-0.15, -0.1) is 0 Å². The summed E-state index contributed by atoms with van der Waals surface area (Å²) in [5.74, 6) is 0. The van der Waals surface area contributed by atoms with Gasteiger partial charge in [0.1, 0.15) is 0 Å². The molecule has 1 unspecified atom stereocenters. The van der Waals surface area contributed by atoms with Crippen LogP contribution in [0.25, 0.3) is 0 Å². The zero-order chi connectivity index (χ0) is 13.6. The molecule has 0 amide bonds.